The maximum Gasteiger partial charge on any atom is 0.334 e. The van der Waals surface area contributed by atoms with Gasteiger partial charge in [0, 0.05) is 52.2 Å². The number of carbonyl (C=O) groups excluding carboxylic acids is 4. The molecule has 7 rings (SSSR count). The standard InChI is InChI=1S/C38H44N10O5/c1-3-16-45-25-35(51)47-32(21-27-12-14-30(49)15-13-27)37(52)44(24-33(47)48(45)38(53)39-22-28-8-5-4-6-9-28)23-29-10-7-11-31-36(29)46(41-40-31)26-34(50)43-19-17-42(2)18-20-43/h3-15,32-33,49H,1,16-26H2,2H3,(H,39,53)/t32-,33-/m0/s1. The highest BCUT2D eigenvalue weighted by Gasteiger charge is 2.51. The smallest absolute Gasteiger partial charge is 0.334 e. The second-order valence-corrected chi connectivity index (χ2v) is 13.7. The Bertz CT molecular complexity index is 1980. The molecular formula is C38H44N10O5. The van der Waals surface area contributed by atoms with Gasteiger partial charge in [-0.3, -0.25) is 14.4 Å². The van der Waals surface area contributed by atoms with Crippen LogP contribution in [0, 0.1) is 0 Å². The highest BCUT2D eigenvalue weighted by atomic mass is 16.3. The van der Waals surface area contributed by atoms with Crippen molar-refractivity contribution in [3.63, 3.8) is 0 Å². The third-order valence-corrected chi connectivity index (χ3v) is 10.1. The van der Waals surface area contributed by atoms with Crippen LogP contribution in [0.1, 0.15) is 16.7 Å². The summed E-state index contributed by atoms with van der Waals surface area (Å²) in [5.74, 6) is -0.539. The van der Waals surface area contributed by atoms with E-state index in [1.807, 2.05) is 60.5 Å². The molecule has 4 aromatic rings. The molecule has 1 aromatic heterocycles. The van der Waals surface area contributed by atoms with E-state index >= 15 is 0 Å². The lowest BCUT2D eigenvalue weighted by molar-refractivity contribution is -0.189. The lowest BCUT2D eigenvalue weighted by atomic mass is 9.98. The van der Waals surface area contributed by atoms with Gasteiger partial charge in [-0.15, -0.1) is 11.7 Å². The molecule has 3 aliphatic heterocycles. The minimum atomic E-state index is -0.942. The molecule has 0 spiro atoms. The molecule has 5 amide bonds. The van der Waals surface area contributed by atoms with Gasteiger partial charge in [0.1, 0.15) is 30.0 Å². The molecule has 2 N–H and O–H groups in total. The first kappa shape index (κ1) is 35.6. The number of nitrogens with one attached hydrogen (secondary N) is 1. The Hall–Kier alpha value is -5.80. The topological polar surface area (TPSA) is 151 Å². The summed E-state index contributed by atoms with van der Waals surface area (Å²) >= 11 is 0. The molecule has 3 aliphatic rings. The van der Waals surface area contributed by atoms with E-state index in [2.05, 4.69) is 27.1 Å². The number of hydrogen-bond donors (Lipinski definition) is 2. The van der Waals surface area contributed by atoms with E-state index in [0.29, 0.717) is 24.1 Å². The number of hydrogen-bond acceptors (Lipinski definition) is 9. The SMILES string of the molecule is C=CCN1CC(=O)N2[C@@H](Cc3ccc(O)cc3)C(=O)N(Cc3cccc4nnn(CC(=O)N5CCN(C)CC5)c34)C[C@@H]2N1C(=O)NCc1ccccc1. The van der Waals surface area contributed by atoms with Crippen LogP contribution in [0.25, 0.3) is 11.0 Å². The zero-order valence-electron chi connectivity index (χ0n) is 29.8. The maximum absolute atomic E-state index is 14.6. The number of likely N-dealkylation sites (N-methyl/N-ethyl adjacent to an activating group) is 1. The zero-order valence-corrected chi connectivity index (χ0v) is 29.8. The van der Waals surface area contributed by atoms with Crippen LogP contribution < -0.4 is 5.32 Å². The van der Waals surface area contributed by atoms with Crippen molar-refractivity contribution in [2.45, 2.75) is 38.3 Å². The summed E-state index contributed by atoms with van der Waals surface area (Å²) in [5, 5.41) is 24.8. The number of fused-ring (bicyclic) bond motifs is 2. The van der Waals surface area contributed by atoms with Crippen molar-refractivity contribution < 1.29 is 24.3 Å². The Morgan fingerprint density at radius 3 is 2.45 bits per heavy atom. The van der Waals surface area contributed by atoms with E-state index in [0.717, 1.165) is 29.8 Å². The molecular weight excluding hydrogens is 676 g/mol. The van der Waals surface area contributed by atoms with E-state index in [9.17, 15) is 24.3 Å². The van der Waals surface area contributed by atoms with E-state index in [1.54, 1.807) is 44.9 Å². The van der Waals surface area contributed by atoms with Gasteiger partial charge in [0.05, 0.1) is 18.6 Å². The van der Waals surface area contributed by atoms with Gasteiger partial charge >= 0.3 is 6.03 Å². The predicted molar refractivity (Wildman–Crippen MR) is 196 cm³/mol. The second-order valence-electron chi connectivity index (χ2n) is 13.7. The molecule has 0 unspecified atom stereocenters. The number of nitrogens with zero attached hydrogens (tertiary/aromatic N) is 9. The third kappa shape index (κ3) is 7.57. The highest BCUT2D eigenvalue weighted by molar-refractivity contribution is 5.92. The lowest BCUT2D eigenvalue weighted by Gasteiger charge is -2.55. The van der Waals surface area contributed by atoms with E-state index < -0.39 is 18.2 Å². The molecule has 3 fully saturated rings. The van der Waals surface area contributed by atoms with Crippen LogP contribution >= 0.6 is 0 Å². The van der Waals surface area contributed by atoms with Crippen molar-refractivity contribution in [1.29, 1.82) is 0 Å². The van der Waals surface area contributed by atoms with Gasteiger partial charge in [-0.05, 0) is 41.9 Å². The normalized spacial score (nSPS) is 19.8. The molecule has 276 valence electrons. The van der Waals surface area contributed by atoms with Crippen molar-refractivity contribution in [3.05, 3.63) is 102 Å². The number of benzene rings is 3. The number of aromatic hydroxyl groups is 1. The number of phenolic OH excluding ortho intramolecular Hbond substituents is 1. The Balaban J connectivity index is 1.22. The fraction of sp³-hybridized carbons (Fsp3) is 0.368. The molecule has 0 radical (unpaired) electrons. The second kappa shape index (κ2) is 15.4. The monoisotopic (exact) mass is 720 g/mol. The summed E-state index contributed by atoms with van der Waals surface area (Å²) in [6.45, 7) is 7.26. The Kier molecular flexibility index (Phi) is 10.4. The number of urea groups is 1. The van der Waals surface area contributed by atoms with Gasteiger partial charge in [0.2, 0.25) is 17.7 Å². The molecule has 15 nitrogen and oxygen atoms in total. The van der Waals surface area contributed by atoms with Gasteiger partial charge in [-0.2, -0.15) is 0 Å². The maximum atomic E-state index is 14.6. The molecule has 3 saturated heterocycles. The number of carbonyl (C=O) groups is 4. The number of para-hydroxylation sites is 1. The molecule has 2 atom stereocenters. The van der Waals surface area contributed by atoms with Gasteiger partial charge in [0.15, 0.2) is 0 Å². The summed E-state index contributed by atoms with van der Waals surface area (Å²) in [6, 6.07) is 20.3. The van der Waals surface area contributed by atoms with Crippen molar-refractivity contribution in [2.24, 2.45) is 0 Å². The average Bonchev–Trinajstić information content (AvgIpc) is 3.57. The van der Waals surface area contributed by atoms with Crippen molar-refractivity contribution in [2.75, 3.05) is 52.9 Å². The van der Waals surface area contributed by atoms with Gasteiger partial charge in [-0.25, -0.2) is 19.5 Å². The highest BCUT2D eigenvalue weighted by Crippen LogP contribution is 2.30. The Morgan fingerprint density at radius 2 is 1.72 bits per heavy atom. The summed E-state index contributed by atoms with van der Waals surface area (Å²) < 4.78 is 1.60. The number of amides is 5. The van der Waals surface area contributed by atoms with E-state index in [1.165, 1.54) is 9.91 Å². The summed E-state index contributed by atoms with van der Waals surface area (Å²) in [6.07, 6.45) is 0.966. The summed E-state index contributed by atoms with van der Waals surface area (Å²) in [7, 11) is 2.03. The average molecular weight is 721 g/mol. The van der Waals surface area contributed by atoms with E-state index in [-0.39, 0.29) is 69.2 Å². The molecule has 0 bridgehead atoms. The fourth-order valence-electron chi connectivity index (χ4n) is 7.38. The molecule has 0 aliphatic carbocycles. The minimum Gasteiger partial charge on any atom is -0.508 e. The number of hydrazine groups is 1. The molecule has 53 heavy (non-hydrogen) atoms. The van der Waals surface area contributed by atoms with Gasteiger partial charge in [0.25, 0.3) is 0 Å². The van der Waals surface area contributed by atoms with Crippen molar-refractivity contribution in [1.82, 2.24) is 49.9 Å². The van der Waals surface area contributed by atoms with Gasteiger partial charge in [-0.1, -0.05) is 65.9 Å². The molecule has 3 aromatic carbocycles. The third-order valence-electron chi connectivity index (χ3n) is 10.1. The molecule has 4 heterocycles. The van der Waals surface area contributed by atoms with Crippen LogP contribution in [0.3, 0.4) is 0 Å². The van der Waals surface area contributed by atoms with Gasteiger partial charge < -0.3 is 30.0 Å². The fourth-order valence-corrected chi connectivity index (χ4v) is 7.38. The van der Waals surface area contributed by atoms with Crippen LogP contribution in [0.15, 0.2) is 85.5 Å². The Morgan fingerprint density at radius 1 is 0.962 bits per heavy atom. The van der Waals surface area contributed by atoms with Crippen molar-refractivity contribution in [3.8, 4) is 5.75 Å². The minimum absolute atomic E-state index is 0.00539. The number of aromatic nitrogens is 3. The van der Waals surface area contributed by atoms with Crippen LogP contribution in [0.2, 0.25) is 0 Å². The number of piperazine rings is 2. The first-order chi connectivity index (χ1) is 25.7. The quantitative estimate of drug-likeness (QED) is 0.233. The predicted octanol–water partition coefficient (Wildman–Crippen LogP) is 1.65. The zero-order chi connectivity index (χ0) is 37.1. The summed E-state index contributed by atoms with van der Waals surface area (Å²) in [5.41, 5.74) is 3.62. The van der Waals surface area contributed by atoms with Crippen LogP contribution in [-0.2, 0) is 40.4 Å². The largest absolute Gasteiger partial charge is 0.508 e. The van der Waals surface area contributed by atoms with Crippen LogP contribution in [0.4, 0.5) is 4.79 Å². The Labute approximate surface area is 307 Å². The first-order valence-corrected chi connectivity index (χ1v) is 17.8. The number of phenols is 1. The molecule has 0 saturated carbocycles. The first-order valence-electron chi connectivity index (χ1n) is 17.8. The van der Waals surface area contributed by atoms with Crippen molar-refractivity contribution >= 4 is 34.8 Å². The van der Waals surface area contributed by atoms with Crippen LogP contribution in [0.5, 0.6) is 5.75 Å². The van der Waals surface area contributed by atoms with Crippen LogP contribution in [-0.4, -0.2) is 139 Å². The molecule has 15 heteroatoms. The summed E-state index contributed by atoms with van der Waals surface area (Å²) in [4.78, 5) is 63.3. The lowest BCUT2D eigenvalue weighted by Crippen LogP contribution is -2.76. The number of rotatable bonds is 10. The van der Waals surface area contributed by atoms with E-state index in [4.69, 9.17) is 0 Å².